The zero-order chi connectivity index (χ0) is 22.2. The highest BCUT2D eigenvalue weighted by Gasteiger charge is 2.17. The van der Waals surface area contributed by atoms with E-state index in [9.17, 15) is 18.4 Å². The summed E-state index contributed by atoms with van der Waals surface area (Å²) in [6.45, 7) is -0.0652. The summed E-state index contributed by atoms with van der Waals surface area (Å²) < 4.78 is 29.8. The highest BCUT2D eigenvalue weighted by Crippen LogP contribution is 2.29. The van der Waals surface area contributed by atoms with Crippen molar-refractivity contribution >= 4 is 44.2 Å². The number of pyridine rings is 1. The second-order valence-corrected chi connectivity index (χ2v) is 7.99. The molecule has 0 aliphatic rings. The predicted molar refractivity (Wildman–Crippen MR) is 122 cm³/mol. The van der Waals surface area contributed by atoms with Crippen molar-refractivity contribution in [3.63, 3.8) is 0 Å². The number of hydrogen-bond donors (Lipinski definition) is 1. The summed E-state index contributed by atoms with van der Waals surface area (Å²) in [5.74, 6) is -1.82. The molecule has 2 heterocycles. The van der Waals surface area contributed by atoms with E-state index < -0.39 is 11.6 Å². The quantitative estimate of drug-likeness (QED) is 0.386. The predicted octanol–water partition coefficient (Wildman–Crippen LogP) is 5.20. The molecule has 2 aromatic heterocycles. The molecule has 1 amide bonds. The average molecular weight is 447 g/mol. The fourth-order valence-corrected chi connectivity index (χ4v) is 4.46. The van der Waals surface area contributed by atoms with Gasteiger partial charge < -0.3 is 9.88 Å². The average Bonchev–Trinajstić information content (AvgIpc) is 3.24. The molecule has 5 nitrogen and oxygen atoms in total. The minimum atomic E-state index is -0.723. The molecule has 0 aliphatic carbocycles. The third-order valence-electron chi connectivity index (χ3n) is 5.15. The first kappa shape index (κ1) is 20.0. The molecule has 0 saturated carbocycles. The highest BCUT2D eigenvalue weighted by atomic mass is 32.1. The molecular formula is C24H15F2N3O2S. The van der Waals surface area contributed by atoms with Crippen LogP contribution in [0.2, 0.25) is 0 Å². The van der Waals surface area contributed by atoms with Crippen LogP contribution in [0.4, 0.5) is 13.9 Å². The number of nitrogens with zero attached hydrogens (tertiary/aromatic N) is 2. The second kappa shape index (κ2) is 7.97. The number of halogens is 2. The molecule has 0 atom stereocenters. The maximum absolute atomic E-state index is 14.0. The Morgan fingerprint density at radius 1 is 0.906 bits per heavy atom. The van der Waals surface area contributed by atoms with Gasteiger partial charge in [-0.05, 0) is 36.4 Å². The van der Waals surface area contributed by atoms with Crippen LogP contribution in [0, 0.1) is 11.6 Å². The fraction of sp³-hybridized carbons (Fsp3) is 0.0417. The number of hydrogen-bond acceptors (Lipinski definition) is 4. The molecule has 32 heavy (non-hydrogen) atoms. The van der Waals surface area contributed by atoms with Crippen molar-refractivity contribution in [2.24, 2.45) is 0 Å². The number of carbonyl (C=O) groups excluding carboxylic acids is 1. The van der Waals surface area contributed by atoms with Gasteiger partial charge in [-0.25, -0.2) is 13.8 Å². The number of fused-ring (bicyclic) bond motifs is 2. The maximum Gasteiger partial charge on any atom is 0.246 e. The number of rotatable bonds is 4. The summed E-state index contributed by atoms with van der Waals surface area (Å²) in [4.78, 5) is 29.8. The second-order valence-electron chi connectivity index (χ2n) is 7.13. The lowest BCUT2D eigenvalue weighted by molar-refractivity contribution is -0.116. The topological polar surface area (TPSA) is 64.0 Å². The Labute approximate surface area is 184 Å². The number of anilines is 1. The smallest absolute Gasteiger partial charge is 0.246 e. The van der Waals surface area contributed by atoms with E-state index >= 15 is 0 Å². The first-order valence-corrected chi connectivity index (χ1v) is 10.6. The lowest BCUT2D eigenvalue weighted by Crippen LogP contribution is -2.21. The van der Waals surface area contributed by atoms with Crippen molar-refractivity contribution in [3.8, 4) is 11.3 Å². The zero-order valence-corrected chi connectivity index (χ0v) is 17.3. The molecule has 158 valence electrons. The van der Waals surface area contributed by atoms with Gasteiger partial charge in [-0.2, -0.15) is 0 Å². The summed E-state index contributed by atoms with van der Waals surface area (Å²) in [5.41, 5.74) is 1.06. The normalized spacial score (nSPS) is 11.2. The summed E-state index contributed by atoms with van der Waals surface area (Å²) in [5, 5.41) is 5.44. The van der Waals surface area contributed by atoms with E-state index in [0.29, 0.717) is 21.8 Å². The molecule has 0 spiro atoms. The SMILES string of the molecule is O=C(Cn1c2ccccc2c(=O)c2ccccc21)Nc1nc(-c2c(F)cccc2F)cs1. The van der Waals surface area contributed by atoms with Crippen molar-refractivity contribution in [2.75, 3.05) is 5.32 Å². The zero-order valence-electron chi connectivity index (χ0n) is 16.5. The largest absolute Gasteiger partial charge is 0.331 e. The molecule has 0 fully saturated rings. The Kier molecular flexibility index (Phi) is 4.99. The van der Waals surface area contributed by atoms with E-state index in [4.69, 9.17) is 0 Å². The number of amides is 1. The van der Waals surface area contributed by atoms with Crippen LogP contribution in [0.3, 0.4) is 0 Å². The highest BCUT2D eigenvalue weighted by molar-refractivity contribution is 7.14. The maximum atomic E-state index is 14.0. The molecule has 5 aromatic rings. The number of nitrogens with one attached hydrogen (secondary N) is 1. The fourth-order valence-electron chi connectivity index (χ4n) is 3.74. The third-order valence-corrected chi connectivity index (χ3v) is 5.91. The molecule has 0 bridgehead atoms. The van der Waals surface area contributed by atoms with Gasteiger partial charge in [0.2, 0.25) is 5.91 Å². The Morgan fingerprint density at radius 3 is 2.12 bits per heavy atom. The van der Waals surface area contributed by atoms with Crippen molar-refractivity contribution in [3.05, 3.63) is 94.0 Å². The van der Waals surface area contributed by atoms with Gasteiger partial charge in [0.15, 0.2) is 10.6 Å². The third kappa shape index (κ3) is 3.44. The van der Waals surface area contributed by atoms with Crippen LogP contribution in [0.15, 0.2) is 76.9 Å². The molecule has 0 unspecified atom stereocenters. The first-order valence-electron chi connectivity index (χ1n) is 9.73. The Morgan fingerprint density at radius 2 is 1.50 bits per heavy atom. The lowest BCUT2D eigenvalue weighted by atomic mass is 10.1. The van der Waals surface area contributed by atoms with Gasteiger partial charge in [-0.15, -0.1) is 11.3 Å². The van der Waals surface area contributed by atoms with E-state index in [1.807, 2.05) is 0 Å². The molecular weight excluding hydrogens is 432 g/mol. The van der Waals surface area contributed by atoms with Gasteiger partial charge in [-0.3, -0.25) is 9.59 Å². The summed E-state index contributed by atoms with van der Waals surface area (Å²) in [6, 6.07) is 17.8. The number of para-hydroxylation sites is 2. The molecule has 1 N–H and O–H groups in total. The number of benzene rings is 3. The van der Waals surface area contributed by atoms with Crippen molar-refractivity contribution < 1.29 is 13.6 Å². The van der Waals surface area contributed by atoms with Crippen LogP contribution in [-0.4, -0.2) is 15.5 Å². The Balaban J connectivity index is 1.48. The van der Waals surface area contributed by atoms with Crippen LogP contribution < -0.4 is 10.7 Å². The van der Waals surface area contributed by atoms with Crippen molar-refractivity contribution in [1.82, 2.24) is 9.55 Å². The van der Waals surface area contributed by atoms with Gasteiger partial charge in [0.05, 0.1) is 22.3 Å². The van der Waals surface area contributed by atoms with E-state index in [1.165, 1.54) is 11.4 Å². The number of thiazole rings is 1. The summed E-state index contributed by atoms with van der Waals surface area (Å²) >= 11 is 1.07. The Hall–Kier alpha value is -3.91. The molecule has 0 saturated heterocycles. The van der Waals surface area contributed by atoms with E-state index in [-0.39, 0.29) is 34.3 Å². The molecule has 3 aromatic carbocycles. The summed E-state index contributed by atoms with van der Waals surface area (Å²) in [7, 11) is 0. The molecule has 5 rings (SSSR count). The van der Waals surface area contributed by atoms with Crippen LogP contribution in [0.5, 0.6) is 0 Å². The van der Waals surface area contributed by atoms with E-state index in [2.05, 4.69) is 10.3 Å². The first-order chi connectivity index (χ1) is 15.5. The molecule has 8 heteroatoms. The van der Waals surface area contributed by atoms with Crippen LogP contribution in [0.25, 0.3) is 33.1 Å². The van der Waals surface area contributed by atoms with Gasteiger partial charge in [0, 0.05) is 16.2 Å². The minimum Gasteiger partial charge on any atom is -0.331 e. The number of carbonyl (C=O) groups is 1. The van der Waals surface area contributed by atoms with Crippen LogP contribution in [0.1, 0.15) is 0 Å². The van der Waals surface area contributed by atoms with Gasteiger partial charge >= 0.3 is 0 Å². The monoisotopic (exact) mass is 447 g/mol. The van der Waals surface area contributed by atoms with E-state index in [0.717, 1.165) is 23.5 Å². The minimum absolute atomic E-state index is 0.0652. The van der Waals surface area contributed by atoms with Gasteiger partial charge in [0.1, 0.15) is 18.2 Å². The van der Waals surface area contributed by atoms with Crippen LogP contribution in [-0.2, 0) is 11.3 Å². The Bertz CT molecular complexity index is 1480. The van der Waals surface area contributed by atoms with Gasteiger partial charge in [-0.1, -0.05) is 30.3 Å². The van der Waals surface area contributed by atoms with Crippen molar-refractivity contribution in [2.45, 2.75) is 6.54 Å². The lowest BCUT2D eigenvalue weighted by Gasteiger charge is -2.14. The van der Waals surface area contributed by atoms with Crippen molar-refractivity contribution in [1.29, 1.82) is 0 Å². The van der Waals surface area contributed by atoms with Crippen LogP contribution >= 0.6 is 11.3 Å². The van der Waals surface area contributed by atoms with E-state index in [1.54, 1.807) is 53.1 Å². The number of aromatic nitrogens is 2. The summed E-state index contributed by atoms with van der Waals surface area (Å²) in [6.07, 6.45) is 0. The van der Waals surface area contributed by atoms with Gasteiger partial charge in [0.25, 0.3) is 0 Å². The standard InChI is InChI=1S/C24H15F2N3O2S/c25-16-8-5-9-17(26)22(16)18-13-32-24(27-18)28-21(30)12-29-19-10-3-1-6-14(19)23(31)15-7-2-4-11-20(15)29/h1-11,13H,12H2,(H,27,28,30). The molecule has 0 aliphatic heterocycles. The molecule has 0 radical (unpaired) electrons.